The molecule has 6 nitrogen and oxygen atoms in total. The molecule has 34 heavy (non-hydrogen) atoms. The zero-order chi connectivity index (χ0) is 23.5. The third-order valence-corrected chi connectivity index (χ3v) is 7.05. The molecular weight excluding hydrogens is 422 g/mol. The van der Waals surface area contributed by atoms with Crippen molar-refractivity contribution in [1.29, 1.82) is 0 Å². The van der Waals surface area contributed by atoms with Gasteiger partial charge in [0.1, 0.15) is 5.82 Å². The van der Waals surface area contributed by atoms with Crippen molar-refractivity contribution in [3.05, 3.63) is 71.4 Å². The smallest absolute Gasteiger partial charge is 0.322 e. The number of piperidine rings is 1. The zero-order valence-corrected chi connectivity index (χ0v) is 20.1. The zero-order valence-electron chi connectivity index (χ0n) is 20.1. The Morgan fingerprint density at radius 1 is 1.00 bits per heavy atom. The minimum Gasteiger partial charge on any atom is -0.356 e. The highest BCUT2D eigenvalue weighted by Crippen LogP contribution is 2.32. The normalized spacial score (nSPS) is 16.3. The Morgan fingerprint density at radius 2 is 1.74 bits per heavy atom. The number of aryl methyl sites for hydroxylation is 1. The van der Waals surface area contributed by atoms with Crippen LogP contribution in [0.15, 0.2) is 54.6 Å². The standard InChI is InChI=1S/C28H33N5O/c1-3-21-9-11-23(12-10-21)29-28(34)33-18-15-25-24(19-33)27(32-16-13-20(2)14-17-32)31-26(30-25)22-7-5-4-6-8-22/h4-12,20H,3,13-19H2,1-2H3,(H,29,34). The molecule has 2 aliphatic heterocycles. The summed E-state index contributed by atoms with van der Waals surface area (Å²) in [5, 5.41) is 3.07. The minimum absolute atomic E-state index is 0.0692. The predicted octanol–water partition coefficient (Wildman–Crippen LogP) is 5.53. The summed E-state index contributed by atoms with van der Waals surface area (Å²) in [5.74, 6) is 2.52. The average Bonchev–Trinajstić information content (AvgIpc) is 2.89. The third kappa shape index (κ3) is 4.76. The van der Waals surface area contributed by atoms with Crippen molar-refractivity contribution in [1.82, 2.24) is 14.9 Å². The maximum absolute atomic E-state index is 13.1. The first-order valence-corrected chi connectivity index (χ1v) is 12.5. The van der Waals surface area contributed by atoms with Gasteiger partial charge >= 0.3 is 6.03 Å². The Hall–Kier alpha value is -3.41. The van der Waals surface area contributed by atoms with Gasteiger partial charge in [0.05, 0.1) is 12.2 Å². The number of benzene rings is 2. The van der Waals surface area contributed by atoms with E-state index in [9.17, 15) is 4.79 Å². The molecule has 0 aliphatic carbocycles. The van der Waals surface area contributed by atoms with Crippen molar-refractivity contribution < 1.29 is 4.79 Å². The molecule has 2 amide bonds. The molecule has 0 bridgehead atoms. The molecule has 0 unspecified atom stereocenters. The Balaban J connectivity index is 1.42. The van der Waals surface area contributed by atoms with Crippen molar-refractivity contribution in [3.63, 3.8) is 0 Å². The van der Waals surface area contributed by atoms with Gasteiger partial charge in [-0.25, -0.2) is 14.8 Å². The van der Waals surface area contributed by atoms with E-state index in [1.165, 1.54) is 5.56 Å². The van der Waals surface area contributed by atoms with E-state index in [1.54, 1.807) is 0 Å². The molecule has 1 fully saturated rings. The van der Waals surface area contributed by atoms with E-state index in [2.05, 4.69) is 48.3 Å². The van der Waals surface area contributed by atoms with Crippen molar-refractivity contribution in [2.24, 2.45) is 5.92 Å². The van der Waals surface area contributed by atoms with Crippen LogP contribution in [0.25, 0.3) is 11.4 Å². The molecule has 1 N–H and O–H groups in total. The number of urea groups is 1. The summed E-state index contributed by atoms with van der Waals surface area (Å²) in [6, 6.07) is 18.2. The van der Waals surface area contributed by atoms with Crippen LogP contribution in [0.1, 0.15) is 43.5 Å². The molecule has 2 aromatic carbocycles. The van der Waals surface area contributed by atoms with Gasteiger partial charge in [-0.1, -0.05) is 56.3 Å². The van der Waals surface area contributed by atoms with Crippen molar-refractivity contribution in [2.75, 3.05) is 29.9 Å². The van der Waals surface area contributed by atoms with Gasteiger partial charge in [0.25, 0.3) is 0 Å². The Bertz CT molecular complexity index is 1140. The number of carbonyl (C=O) groups excluding carboxylic acids is 1. The number of rotatable bonds is 4. The first-order chi connectivity index (χ1) is 16.6. The van der Waals surface area contributed by atoms with E-state index >= 15 is 0 Å². The van der Waals surface area contributed by atoms with Crippen LogP contribution in [-0.4, -0.2) is 40.5 Å². The number of fused-ring (bicyclic) bond motifs is 1. The Kier molecular flexibility index (Phi) is 6.48. The monoisotopic (exact) mass is 455 g/mol. The maximum Gasteiger partial charge on any atom is 0.322 e. The molecule has 0 spiro atoms. The number of carbonyl (C=O) groups is 1. The fourth-order valence-electron chi connectivity index (χ4n) is 4.79. The van der Waals surface area contributed by atoms with Crippen LogP contribution in [-0.2, 0) is 19.4 Å². The van der Waals surface area contributed by atoms with Crippen LogP contribution in [0, 0.1) is 5.92 Å². The topological polar surface area (TPSA) is 61.4 Å². The largest absolute Gasteiger partial charge is 0.356 e. The molecule has 0 saturated carbocycles. The number of hydrogen-bond acceptors (Lipinski definition) is 4. The number of hydrogen-bond donors (Lipinski definition) is 1. The van der Waals surface area contributed by atoms with Crippen molar-refractivity contribution in [3.8, 4) is 11.4 Å². The first kappa shape index (κ1) is 22.4. The second-order valence-electron chi connectivity index (χ2n) is 9.48. The van der Waals surface area contributed by atoms with E-state index in [-0.39, 0.29) is 6.03 Å². The van der Waals surface area contributed by atoms with E-state index < -0.39 is 0 Å². The van der Waals surface area contributed by atoms with E-state index in [0.29, 0.717) is 13.1 Å². The van der Waals surface area contributed by atoms with Gasteiger partial charge in [-0.2, -0.15) is 0 Å². The van der Waals surface area contributed by atoms with Gasteiger partial charge in [-0.3, -0.25) is 0 Å². The van der Waals surface area contributed by atoms with Gasteiger partial charge < -0.3 is 15.1 Å². The van der Waals surface area contributed by atoms with Gasteiger partial charge in [0.15, 0.2) is 5.82 Å². The summed E-state index contributed by atoms with van der Waals surface area (Å²) in [7, 11) is 0. The van der Waals surface area contributed by atoms with Crippen LogP contribution in [0.4, 0.5) is 16.3 Å². The summed E-state index contributed by atoms with van der Waals surface area (Å²) in [5.41, 5.74) is 5.29. The van der Waals surface area contributed by atoms with Crippen LogP contribution >= 0.6 is 0 Å². The SMILES string of the molecule is CCc1ccc(NC(=O)N2CCc3nc(-c4ccccc4)nc(N4CCC(C)CC4)c3C2)cc1. The van der Waals surface area contributed by atoms with Crippen LogP contribution < -0.4 is 10.2 Å². The van der Waals surface area contributed by atoms with Crippen molar-refractivity contribution >= 4 is 17.5 Å². The van der Waals surface area contributed by atoms with E-state index in [4.69, 9.17) is 9.97 Å². The predicted molar refractivity (Wildman–Crippen MR) is 137 cm³/mol. The lowest BCUT2D eigenvalue weighted by molar-refractivity contribution is 0.206. The second kappa shape index (κ2) is 9.84. The summed E-state index contributed by atoms with van der Waals surface area (Å²) in [4.78, 5) is 27.4. The molecule has 176 valence electrons. The molecule has 6 heteroatoms. The number of nitrogens with zero attached hydrogens (tertiary/aromatic N) is 4. The molecule has 1 saturated heterocycles. The highest BCUT2D eigenvalue weighted by Gasteiger charge is 2.29. The van der Waals surface area contributed by atoms with Crippen LogP contribution in [0.5, 0.6) is 0 Å². The lowest BCUT2D eigenvalue weighted by Gasteiger charge is -2.36. The molecule has 1 aromatic heterocycles. The van der Waals surface area contributed by atoms with Crippen molar-refractivity contribution in [2.45, 2.75) is 46.1 Å². The fourth-order valence-corrected chi connectivity index (χ4v) is 4.79. The summed E-state index contributed by atoms with van der Waals surface area (Å²) >= 11 is 0. The summed E-state index contributed by atoms with van der Waals surface area (Å²) < 4.78 is 0. The maximum atomic E-state index is 13.1. The quantitative estimate of drug-likeness (QED) is 0.562. The highest BCUT2D eigenvalue weighted by atomic mass is 16.2. The molecule has 0 atom stereocenters. The summed E-state index contributed by atoms with van der Waals surface area (Å²) in [6.07, 6.45) is 4.05. The Labute approximate surface area is 202 Å². The van der Waals surface area contributed by atoms with Gasteiger partial charge in [0.2, 0.25) is 0 Å². The van der Waals surface area contributed by atoms with Gasteiger partial charge in [0, 0.05) is 42.9 Å². The van der Waals surface area contributed by atoms with Gasteiger partial charge in [-0.15, -0.1) is 0 Å². The van der Waals surface area contributed by atoms with Crippen LogP contribution in [0.2, 0.25) is 0 Å². The lowest BCUT2D eigenvalue weighted by Crippen LogP contribution is -2.41. The first-order valence-electron chi connectivity index (χ1n) is 12.5. The van der Waals surface area contributed by atoms with E-state index in [1.807, 2.05) is 35.2 Å². The third-order valence-electron chi connectivity index (χ3n) is 7.05. The van der Waals surface area contributed by atoms with Crippen LogP contribution in [0.3, 0.4) is 0 Å². The molecule has 3 aromatic rings. The number of nitrogens with one attached hydrogen (secondary N) is 1. The highest BCUT2D eigenvalue weighted by molar-refractivity contribution is 5.89. The molecule has 2 aliphatic rings. The number of amides is 2. The average molecular weight is 456 g/mol. The van der Waals surface area contributed by atoms with Gasteiger partial charge in [-0.05, 0) is 42.9 Å². The number of aromatic nitrogens is 2. The Morgan fingerprint density at radius 3 is 2.44 bits per heavy atom. The van der Waals surface area contributed by atoms with E-state index in [0.717, 1.165) is 78.8 Å². The molecule has 0 radical (unpaired) electrons. The molecule has 5 rings (SSSR count). The lowest BCUT2D eigenvalue weighted by atomic mass is 9.98. The summed E-state index contributed by atoms with van der Waals surface area (Å²) in [6.45, 7) is 7.62. The fraction of sp³-hybridized carbons (Fsp3) is 0.393. The minimum atomic E-state index is -0.0692. The number of anilines is 2. The second-order valence-corrected chi connectivity index (χ2v) is 9.48. The molecular formula is C28H33N5O. The molecule has 3 heterocycles.